The summed E-state index contributed by atoms with van der Waals surface area (Å²) in [4.78, 5) is 39.4. The first kappa shape index (κ1) is 22.8. The van der Waals surface area contributed by atoms with E-state index in [0.717, 1.165) is 6.07 Å². The molecule has 1 unspecified atom stereocenters. The zero-order chi connectivity index (χ0) is 23.3. The lowest BCUT2D eigenvalue weighted by Gasteiger charge is -2.14. The number of esters is 1. The molecule has 168 valence electrons. The van der Waals surface area contributed by atoms with E-state index in [1.54, 1.807) is 25.1 Å². The van der Waals surface area contributed by atoms with Crippen LogP contribution in [0.15, 0.2) is 41.6 Å². The fourth-order valence-electron chi connectivity index (χ4n) is 2.60. The first-order valence-electron chi connectivity index (χ1n) is 9.25. The van der Waals surface area contributed by atoms with Crippen LogP contribution >= 0.6 is 11.6 Å². The van der Waals surface area contributed by atoms with E-state index in [9.17, 15) is 19.7 Å². The first-order valence-corrected chi connectivity index (χ1v) is 9.63. The number of carbonyl (C=O) groups excluding carboxylic acids is 2. The zero-order valence-corrected chi connectivity index (χ0v) is 17.7. The second kappa shape index (κ2) is 9.96. The summed E-state index contributed by atoms with van der Waals surface area (Å²) in [6, 6.07) is 8.81. The van der Waals surface area contributed by atoms with Crippen molar-refractivity contribution in [2.24, 2.45) is 5.16 Å². The first-order chi connectivity index (χ1) is 15.2. The third-order valence-electron chi connectivity index (χ3n) is 4.27. The van der Waals surface area contributed by atoms with Gasteiger partial charge in [0.05, 0.1) is 21.3 Å². The number of nitro benzene ring substituents is 1. The van der Waals surface area contributed by atoms with Crippen molar-refractivity contribution < 1.29 is 33.6 Å². The number of rotatable bonds is 8. The maximum absolute atomic E-state index is 12.2. The number of hydrogen-bond donors (Lipinski definition) is 1. The lowest BCUT2D eigenvalue weighted by atomic mass is 10.1. The summed E-state index contributed by atoms with van der Waals surface area (Å²) < 4.78 is 15.5. The van der Waals surface area contributed by atoms with Gasteiger partial charge in [-0.2, -0.15) is 0 Å². The van der Waals surface area contributed by atoms with E-state index < -0.39 is 29.5 Å². The molecule has 2 aromatic carbocycles. The second-order valence-electron chi connectivity index (χ2n) is 6.56. The number of benzene rings is 2. The van der Waals surface area contributed by atoms with Crippen LogP contribution in [0.25, 0.3) is 0 Å². The Morgan fingerprint density at radius 2 is 2.00 bits per heavy atom. The van der Waals surface area contributed by atoms with Crippen molar-refractivity contribution >= 4 is 40.6 Å². The molecule has 0 saturated heterocycles. The standard InChI is InChI=1S/C20H18ClN3O8/c1-11(13-3-6-17-18(7-13)30-10-29-17)23-31-9-19(25)32-12(2)20(26)22-16-8-14(24(27)28)4-5-15(16)21/h3-8,12H,9-10H2,1-2H3,(H,22,26)/b23-11+. The lowest BCUT2D eigenvalue weighted by molar-refractivity contribution is -0.384. The number of amides is 1. The van der Waals surface area contributed by atoms with Crippen LogP contribution < -0.4 is 14.8 Å². The normalized spacial score (nSPS) is 13.3. The van der Waals surface area contributed by atoms with E-state index in [1.807, 2.05) is 0 Å². The summed E-state index contributed by atoms with van der Waals surface area (Å²) in [6.07, 6.45) is -1.21. The van der Waals surface area contributed by atoms with Crippen LogP contribution in [0.1, 0.15) is 19.4 Å². The van der Waals surface area contributed by atoms with E-state index in [4.69, 9.17) is 30.6 Å². The molecule has 1 aliphatic rings. The van der Waals surface area contributed by atoms with Crippen molar-refractivity contribution in [3.05, 3.63) is 57.1 Å². The van der Waals surface area contributed by atoms with Gasteiger partial charge in [0.1, 0.15) is 0 Å². The molecule has 0 bridgehead atoms. The molecule has 0 fully saturated rings. The van der Waals surface area contributed by atoms with Gasteiger partial charge < -0.3 is 24.4 Å². The van der Waals surface area contributed by atoms with Gasteiger partial charge in [0.15, 0.2) is 17.6 Å². The van der Waals surface area contributed by atoms with Gasteiger partial charge in [-0.3, -0.25) is 14.9 Å². The van der Waals surface area contributed by atoms with E-state index in [1.165, 1.54) is 19.1 Å². The van der Waals surface area contributed by atoms with E-state index in [-0.39, 0.29) is 23.2 Å². The number of fused-ring (bicyclic) bond motifs is 1. The van der Waals surface area contributed by atoms with Gasteiger partial charge in [-0.05, 0) is 38.1 Å². The number of oxime groups is 1. The molecule has 0 radical (unpaired) electrons. The molecular formula is C20H18ClN3O8. The Bertz CT molecular complexity index is 1090. The highest BCUT2D eigenvalue weighted by atomic mass is 35.5. The topological polar surface area (TPSA) is 139 Å². The predicted octanol–water partition coefficient (Wildman–Crippen LogP) is 3.29. The molecule has 1 amide bonds. The molecule has 0 aliphatic carbocycles. The van der Waals surface area contributed by atoms with Gasteiger partial charge >= 0.3 is 5.97 Å². The molecule has 0 saturated carbocycles. The molecule has 1 heterocycles. The summed E-state index contributed by atoms with van der Waals surface area (Å²) in [5.41, 5.74) is 0.971. The Balaban J connectivity index is 1.50. The Labute approximate surface area is 187 Å². The Hall–Kier alpha value is -3.86. The predicted molar refractivity (Wildman–Crippen MR) is 113 cm³/mol. The minimum atomic E-state index is -1.21. The highest BCUT2D eigenvalue weighted by Gasteiger charge is 2.20. The molecule has 12 heteroatoms. The molecule has 2 aromatic rings. The highest BCUT2D eigenvalue weighted by molar-refractivity contribution is 6.33. The van der Waals surface area contributed by atoms with Crippen LogP contribution in [0.3, 0.4) is 0 Å². The fourth-order valence-corrected chi connectivity index (χ4v) is 2.76. The fraction of sp³-hybridized carbons (Fsp3) is 0.250. The third-order valence-corrected chi connectivity index (χ3v) is 4.60. The van der Waals surface area contributed by atoms with Crippen molar-refractivity contribution in [1.82, 2.24) is 0 Å². The van der Waals surface area contributed by atoms with Crippen LogP contribution in [0, 0.1) is 10.1 Å². The Morgan fingerprint density at radius 3 is 2.75 bits per heavy atom. The zero-order valence-electron chi connectivity index (χ0n) is 17.0. The Morgan fingerprint density at radius 1 is 1.25 bits per heavy atom. The van der Waals surface area contributed by atoms with Crippen LogP contribution in [-0.2, 0) is 19.2 Å². The van der Waals surface area contributed by atoms with Crippen molar-refractivity contribution in [3.63, 3.8) is 0 Å². The van der Waals surface area contributed by atoms with Crippen LogP contribution in [-0.4, -0.2) is 42.0 Å². The SMILES string of the molecule is C/C(=N\OCC(=O)OC(C)C(=O)Nc1cc([N+](=O)[O-])ccc1Cl)c1ccc2c(c1)OCO2. The van der Waals surface area contributed by atoms with Gasteiger partial charge in [-0.25, -0.2) is 4.79 Å². The monoisotopic (exact) mass is 463 g/mol. The summed E-state index contributed by atoms with van der Waals surface area (Å²) in [5.74, 6) is -0.342. The number of carbonyl (C=O) groups is 2. The quantitative estimate of drug-likeness (QED) is 0.272. The molecule has 3 rings (SSSR count). The molecule has 32 heavy (non-hydrogen) atoms. The highest BCUT2D eigenvalue weighted by Crippen LogP contribution is 2.32. The lowest BCUT2D eigenvalue weighted by Crippen LogP contribution is -2.31. The number of ether oxygens (including phenoxy) is 3. The maximum atomic E-state index is 12.2. The number of hydrogen-bond acceptors (Lipinski definition) is 9. The Kier molecular flexibility index (Phi) is 7.11. The minimum Gasteiger partial charge on any atom is -0.454 e. The maximum Gasteiger partial charge on any atom is 0.347 e. The van der Waals surface area contributed by atoms with Gasteiger partial charge in [0, 0.05) is 17.7 Å². The third kappa shape index (κ3) is 5.64. The number of halogens is 1. The van der Waals surface area contributed by atoms with Crippen LogP contribution in [0.5, 0.6) is 11.5 Å². The smallest absolute Gasteiger partial charge is 0.347 e. The average molecular weight is 464 g/mol. The van der Waals surface area contributed by atoms with Crippen LogP contribution in [0.4, 0.5) is 11.4 Å². The minimum absolute atomic E-state index is 0.0222. The molecule has 1 N–H and O–H groups in total. The molecule has 1 aliphatic heterocycles. The van der Waals surface area contributed by atoms with Gasteiger partial charge in [-0.15, -0.1) is 0 Å². The molecule has 1 atom stereocenters. The number of non-ortho nitro benzene ring substituents is 1. The molecule has 11 nitrogen and oxygen atoms in total. The molecular weight excluding hydrogens is 446 g/mol. The summed E-state index contributed by atoms with van der Waals surface area (Å²) in [7, 11) is 0. The largest absolute Gasteiger partial charge is 0.454 e. The number of anilines is 1. The van der Waals surface area contributed by atoms with Crippen molar-refractivity contribution in [1.29, 1.82) is 0 Å². The summed E-state index contributed by atoms with van der Waals surface area (Å²) in [5, 5.41) is 17.2. The molecule has 0 aromatic heterocycles. The van der Waals surface area contributed by atoms with Crippen molar-refractivity contribution in [2.75, 3.05) is 18.7 Å². The van der Waals surface area contributed by atoms with E-state index in [2.05, 4.69) is 10.5 Å². The van der Waals surface area contributed by atoms with E-state index in [0.29, 0.717) is 22.8 Å². The van der Waals surface area contributed by atoms with Crippen molar-refractivity contribution in [3.8, 4) is 11.5 Å². The number of nitro groups is 1. The summed E-state index contributed by atoms with van der Waals surface area (Å²) >= 11 is 5.94. The average Bonchev–Trinajstić information content (AvgIpc) is 3.22. The molecule has 0 spiro atoms. The van der Waals surface area contributed by atoms with Gasteiger partial charge in [0.2, 0.25) is 13.4 Å². The second-order valence-corrected chi connectivity index (χ2v) is 6.97. The number of nitrogens with one attached hydrogen (secondary N) is 1. The van der Waals surface area contributed by atoms with E-state index >= 15 is 0 Å². The van der Waals surface area contributed by atoms with Crippen molar-refractivity contribution in [2.45, 2.75) is 20.0 Å². The van der Waals surface area contributed by atoms with Gasteiger partial charge in [-0.1, -0.05) is 16.8 Å². The van der Waals surface area contributed by atoms with Crippen LogP contribution in [0.2, 0.25) is 5.02 Å². The van der Waals surface area contributed by atoms with Gasteiger partial charge in [0.25, 0.3) is 11.6 Å². The number of nitrogens with zero attached hydrogens (tertiary/aromatic N) is 2. The summed E-state index contributed by atoms with van der Waals surface area (Å²) in [6.45, 7) is 2.63.